The summed E-state index contributed by atoms with van der Waals surface area (Å²) in [6.45, 7) is 0. The smallest absolute Gasteiger partial charge is 0.261 e. The highest BCUT2D eigenvalue weighted by Gasteiger charge is 2.24. The SMILES string of the molecule is Cn1nc(-c2ccccc2F)c2cc(C(=O)N[C@@H]3CCCc4ccccc43)sc21. The molecule has 1 aliphatic carbocycles. The minimum atomic E-state index is -0.316. The summed E-state index contributed by atoms with van der Waals surface area (Å²) < 4.78 is 16.0. The summed E-state index contributed by atoms with van der Waals surface area (Å²) in [5.74, 6) is -0.407. The number of carbonyl (C=O) groups is 1. The average Bonchev–Trinajstić information content (AvgIpc) is 3.30. The quantitative estimate of drug-likeness (QED) is 0.506. The molecule has 0 aliphatic heterocycles. The van der Waals surface area contributed by atoms with Crippen LogP contribution >= 0.6 is 11.3 Å². The van der Waals surface area contributed by atoms with Gasteiger partial charge in [0.15, 0.2) is 0 Å². The van der Waals surface area contributed by atoms with Gasteiger partial charge in [-0.3, -0.25) is 9.48 Å². The molecule has 1 atom stereocenters. The standard InChI is InChI=1S/C23H20FN3OS/c1-27-23-17(21(26-27)16-10-4-5-11-18(16)24)13-20(29-23)22(28)25-19-12-6-8-14-7-2-3-9-15(14)19/h2-5,7,9-11,13,19H,6,8,12H2,1H3,(H,25,28)/t19-/m1/s1. The predicted octanol–water partition coefficient (Wildman–Crippen LogP) is 5.25. The highest BCUT2D eigenvalue weighted by molar-refractivity contribution is 7.20. The Kier molecular flexibility index (Phi) is 4.43. The lowest BCUT2D eigenvalue weighted by Gasteiger charge is -2.26. The van der Waals surface area contributed by atoms with E-state index in [9.17, 15) is 9.18 Å². The van der Waals surface area contributed by atoms with Crippen LogP contribution in [0.1, 0.15) is 39.7 Å². The minimum absolute atomic E-state index is 0.0295. The van der Waals surface area contributed by atoms with Gasteiger partial charge < -0.3 is 5.32 Å². The van der Waals surface area contributed by atoms with Gasteiger partial charge in [0.2, 0.25) is 0 Å². The van der Waals surface area contributed by atoms with Crippen LogP contribution in [0.15, 0.2) is 54.6 Å². The number of hydrogen-bond acceptors (Lipinski definition) is 3. The van der Waals surface area contributed by atoms with Crippen LogP contribution in [0.25, 0.3) is 21.5 Å². The first-order chi connectivity index (χ1) is 14.1. The van der Waals surface area contributed by atoms with Crippen molar-refractivity contribution in [3.05, 3.63) is 76.4 Å². The van der Waals surface area contributed by atoms with Crippen molar-refractivity contribution in [3.63, 3.8) is 0 Å². The van der Waals surface area contributed by atoms with Crippen LogP contribution in [0.2, 0.25) is 0 Å². The summed E-state index contributed by atoms with van der Waals surface area (Å²) in [6.07, 6.45) is 3.06. The molecule has 4 nitrogen and oxygen atoms in total. The van der Waals surface area contributed by atoms with Crippen LogP contribution in [0.3, 0.4) is 0 Å². The molecule has 29 heavy (non-hydrogen) atoms. The molecule has 4 aromatic rings. The van der Waals surface area contributed by atoms with Gasteiger partial charge in [-0.25, -0.2) is 4.39 Å². The fraction of sp³-hybridized carbons (Fsp3) is 0.217. The summed E-state index contributed by atoms with van der Waals surface area (Å²) in [5, 5.41) is 8.48. The molecule has 0 fully saturated rings. The van der Waals surface area contributed by atoms with Crippen LogP contribution in [0.4, 0.5) is 4.39 Å². The Morgan fingerprint density at radius 1 is 1.21 bits per heavy atom. The molecule has 6 heteroatoms. The largest absolute Gasteiger partial charge is 0.345 e. The van der Waals surface area contributed by atoms with Gasteiger partial charge in [0.25, 0.3) is 5.91 Å². The molecule has 0 saturated heterocycles. The van der Waals surface area contributed by atoms with Crippen molar-refractivity contribution in [2.24, 2.45) is 7.05 Å². The number of hydrogen-bond donors (Lipinski definition) is 1. The number of amides is 1. The highest BCUT2D eigenvalue weighted by Crippen LogP contribution is 2.35. The lowest BCUT2D eigenvalue weighted by Crippen LogP contribution is -2.30. The Bertz CT molecular complexity index is 1230. The number of carbonyl (C=O) groups excluding carboxylic acids is 1. The van der Waals surface area contributed by atoms with Crippen LogP contribution in [-0.4, -0.2) is 15.7 Å². The van der Waals surface area contributed by atoms with Gasteiger partial charge in [0.1, 0.15) is 16.3 Å². The molecule has 0 saturated carbocycles. The molecule has 2 aromatic heterocycles. The van der Waals surface area contributed by atoms with E-state index in [4.69, 9.17) is 0 Å². The zero-order valence-corrected chi connectivity index (χ0v) is 16.8. The van der Waals surface area contributed by atoms with Gasteiger partial charge in [0, 0.05) is 18.0 Å². The molecule has 1 amide bonds. The third-order valence-corrected chi connectivity index (χ3v) is 6.74. The van der Waals surface area contributed by atoms with Crippen molar-refractivity contribution in [1.29, 1.82) is 0 Å². The van der Waals surface area contributed by atoms with Gasteiger partial charge in [0.05, 0.1) is 10.9 Å². The number of nitrogens with zero attached hydrogens (tertiary/aromatic N) is 2. The molecule has 1 N–H and O–H groups in total. The number of aromatic nitrogens is 2. The van der Waals surface area contributed by atoms with Crippen LogP contribution in [-0.2, 0) is 13.5 Å². The van der Waals surface area contributed by atoms with E-state index in [0.29, 0.717) is 16.1 Å². The lowest BCUT2D eigenvalue weighted by molar-refractivity contribution is 0.0937. The monoisotopic (exact) mass is 405 g/mol. The van der Waals surface area contributed by atoms with E-state index in [0.717, 1.165) is 29.5 Å². The van der Waals surface area contributed by atoms with E-state index in [1.165, 1.54) is 28.5 Å². The Balaban J connectivity index is 1.48. The second kappa shape index (κ2) is 7.12. The molecule has 146 valence electrons. The maximum absolute atomic E-state index is 14.3. The number of halogens is 1. The summed E-state index contributed by atoms with van der Waals surface area (Å²) in [6, 6.07) is 16.8. The Labute approximate surface area is 172 Å². The topological polar surface area (TPSA) is 46.9 Å². The van der Waals surface area contributed by atoms with Gasteiger partial charge in [-0.05, 0) is 48.6 Å². The molecular formula is C23H20FN3OS. The third-order valence-electron chi connectivity index (χ3n) is 5.54. The van der Waals surface area contributed by atoms with E-state index in [1.54, 1.807) is 22.9 Å². The number of thiophene rings is 1. The molecule has 0 unspecified atom stereocenters. The van der Waals surface area contributed by atoms with Crippen LogP contribution in [0.5, 0.6) is 0 Å². The summed E-state index contributed by atoms with van der Waals surface area (Å²) in [4.78, 5) is 14.5. The van der Waals surface area contributed by atoms with Crippen molar-refractivity contribution in [1.82, 2.24) is 15.1 Å². The molecular weight excluding hydrogens is 385 g/mol. The van der Waals surface area contributed by atoms with Crippen molar-refractivity contribution >= 4 is 27.5 Å². The Hall–Kier alpha value is -2.99. The fourth-order valence-electron chi connectivity index (χ4n) is 4.14. The van der Waals surface area contributed by atoms with Crippen molar-refractivity contribution in [2.75, 3.05) is 0 Å². The highest BCUT2D eigenvalue weighted by atomic mass is 32.1. The second-order valence-corrected chi connectivity index (χ2v) is 8.43. The normalized spacial score (nSPS) is 16.0. The first-order valence-electron chi connectivity index (χ1n) is 9.72. The minimum Gasteiger partial charge on any atom is -0.345 e. The fourth-order valence-corrected chi connectivity index (χ4v) is 5.11. The Morgan fingerprint density at radius 3 is 2.86 bits per heavy atom. The lowest BCUT2D eigenvalue weighted by atomic mass is 9.88. The van der Waals surface area contributed by atoms with Crippen molar-refractivity contribution in [2.45, 2.75) is 25.3 Å². The number of nitrogens with one attached hydrogen (secondary N) is 1. The summed E-state index contributed by atoms with van der Waals surface area (Å²) in [5.41, 5.74) is 3.54. The zero-order valence-electron chi connectivity index (χ0n) is 16.0. The van der Waals surface area contributed by atoms with Gasteiger partial charge in [-0.1, -0.05) is 36.4 Å². The first kappa shape index (κ1) is 18.1. The number of fused-ring (bicyclic) bond motifs is 2. The maximum Gasteiger partial charge on any atom is 0.261 e. The van der Waals surface area contributed by atoms with Crippen LogP contribution < -0.4 is 5.32 Å². The van der Waals surface area contributed by atoms with E-state index >= 15 is 0 Å². The maximum atomic E-state index is 14.3. The molecule has 5 rings (SSSR count). The van der Waals surface area contributed by atoms with E-state index < -0.39 is 0 Å². The summed E-state index contributed by atoms with van der Waals surface area (Å²) >= 11 is 1.39. The molecule has 2 aromatic carbocycles. The predicted molar refractivity (Wildman–Crippen MR) is 114 cm³/mol. The van der Waals surface area contributed by atoms with E-state index in [2.05, 4.69) is 22.5 Å². The van der Waals surface area contributed by atoms with Gasteiger partial charge in [-0.2, -0.15) is 5.10 Å². The van der Waals surface area contributed by atoms with Gasteiger partial charge >= 0.3 is 0 Å². The third kappa shape index (κ3) is 3.13. The molecule has 0 bridgehead atoms. The number of aryl methyl sites for hydroxylation is 2. The number of benzene rings is 2. The number of rotatable bonds is 3. The van der Waals surface area contributed by atoms with Crippen molar-refractivity contribution < 1.29 is 9.18 Å². The van der Waals surface area contributed by atoms with Crippen molar-refractivity contribution in [3.8, 4) is 11.3 Å². The molecule has 0 radical (unpaired) electrons. The van der Waals surface area contributed by atoms with E-state index in [-0.39, 0.29) is 17.8 Å². The molecule has 0 spiro atoms. The molecule has 1 aliphatic rings. The zero-order chi connectivity index (χ0) is 20.0. The average molecular weight is 405 g/mol. The molecule has 2 heterocycles. The van der Waals surface area contributed by atoms with Crippen LogP contribution in [0, 0.1) is 5.82 Å². The van der Waals surface area contributed by atoms with E-state index in [1.807, 2.05) is 25.2 Å². The first-order valence-corrected chi connectivity index (χ1v) is 10.5. The second-order valence-electron chi connectivity index (χ2n) is 7.40. The summed E-state index contributed by atoms with van der Waals surface area (Å²) in [7, 11) is 1.82. The van der Waals surface area contributed by atoms with Gasteiger partial charge in [-0.15, -0.1) is 11.3 Å². The Morgan fingerprint density at radius 2 is 2.00 bits per heavy atom.